The molecule has 0 aliphatic heterocycles. The highest BCUT2D eigenvalue weighted by Gasteiger charge is 2.34. The fourth-order valence-electron chi connectivity index (χ4n) is 1.84. The molecule has 1 N–H and O–H groups in total. The Morgan fingerprint density at radius 1 is 1.25 bits per heavy atom. The van der Waals surface area contributed by atoms with Crippen LogP contribution in [0.5, 0.6) is 0 Å². The van der Waals surface area contributed by atoms with Gasteiger partial charge in [0.2, 0.25) is 0 Å². The van der Waals surface area contributed by atoms with E-state index in [-0.39, 0.29) is 6.04 Å². The zero-order chi connectivity index (χ0) is 15.2. The van der Waals surface area contributed by atoms with Gasteiger partial charge in [0.25, 0.3) is 0 Å². The standard InChI is InChI=1S/C14H19F4NS/c1-3-7-20-9-13(19-4-2)10-5-6-12(15)11(8-10)14(16,17)18/h5-6,8,13,19H,3-4,7,9H2,1-2H3. The lowest BCUT2D eigenvalue weighted by Gasteiger charge is -2.19. The van der Waals surface area contributed by atoms with Crippen LogP contribution in [0.4, 0.5) is 17.6 Å². The fourth-order valence-corrected chi connectivity index (χ4v) is 2.84. The summed E-state index contributed by atoms with van der Waals surface area (Å²) >= 11 is 1.68. The lowest BCUT2D eigenvalue weighted by atomic mass is 10.0. The van der Waals surface area contributed by atoms with Gasteiger partial charge in [0, 0.05) is 11.8 Å². The van der Waals surface area contributed by atoms with E-state index < -0.39 is 17.6 Å². The predicted octanol–water partition coefficient (Wildman–Crippen LogP) is 4.64. The van der Waals surface area contributed by atoms with E-state index in [4.69, 9.17) is 0 Å². The molecule has 1 nitrogen and oxygen atoms in total. The lowest BCUT2D eigenvalue weighted by molar-refractivity contribution is -0.140. The lowest BCUT2D eigenvalue weighted by Crippen LogP contribution is -2.24. The van der Waals surface area contributed by atoms with Crippen LogP contribution in [0.25, 0.3) is 0 Å². The summed E-state index contributed by atoms with van der Waals surface area (Å²) in [5, 5.41) is 3.15. The van der Waals surface area contributed by atoms with Gasteiger partial charge in [0.1, 0.15) is 5.82 Å². The van der Waals surface area contributed by atoms with E-state index in [1.807, 2.05) is 6.92 Å². The maximum atomic E-state index is 13.3. The molecule has 0 aliphatic carbocycles. The highest BCUT2D eigenvalue weighted by molar-refractivity contribution is 7.99. The summed E-state index contributed by atoms with van der Waals surface area (Å²) in [7, 11) is 0. The summed E-state index contributed by atoms with van der Waals surface area (Å²) < 4.78 is 51.4. The van der Waals surface area contributed by atoms with Crippen molar-refractivity contribution in [1.29, 1.82) is 0 Å². The van der Waals surface area contributed by atoms with Crippen molar-refractivity contribution in [2.24, 2.45) is 0 Å². The van der Waals surface area contributed by atoms with Crippen molar-refractivity contribution in [2.75, 3.05) is 18.1 Å². The van der Waals surface area contributed by atoms with Gasteiger partial charge < -0.3 is 5.32 Å². The first-order chi connectivity index (χ1) is 9.40. The SMILES string of the molecule is CCCSCC(NCC)c1ccc(F)c(C(F)(F)F)c1. The molecule has 1 unspecified atom stereocenters. The largest absolute Gasteiger partial charge is 0.419 e. The van der Waals surface area contributed by atoms with E-state index in [0.717, 1.165) is 24.3 Å². The molecule has 1 aromatic carbocycles. The first-order valence-electron chi connectivity index (χ1n) is 6.57. The van der Waals surface area contributed by atoms with Crippen LogP contribution in [0, 0.1) is 5.82 Å². The molecule has 0 aromatic heterocycles. The normalized spacial score (nSPS) is 13.5. The summed E-state index contributed by atoms with van der Waals surface area (Å²) in [6.45, 7) is 4.59. The molecular weight excluding hydrogens is 290 g/mol. The summed E-state index contributed by atoms with van der Waals surface area (Å²) in [6.07, 6.45) is -3.64. The third-order valence-corrected chi connectivity index (χ3v) is 4.05. The average molecular weight is 309 g/mol. The Hall–Kier alpha value is -0.750. The van der Waals surface area contributed by atoms with Gasteiger partial charge in [-0.05, 0) is 36.4 Å². The minimum Gasteiger partial charge on any atom is -0.310 e. The van der Waals surface area contributed by atoms with Gasteiger partial charge in [0.05, 0.1) is 5.56 Å². The molecule has 1 rings (SSSR count). The minimum atomic E-state index is -4.66. The quantitative estimate of drug-likeness (QED) is 0.582. The molecule has 0 saturated carbocycles. The molecule has 0 spiro atoms. The molecule has 1 atom stereocenters. The smallest absolute Gasteiger partial charge is 0.310 e. The molecule has 114 valence electrons. The predicted molar refractivity (Wildman–Crippen MR) is 75.4 cm³/mol. The van der Waals surface area contributed by atoms with E-state index in [2.05, 4.69) is 12.2 Å². The summed E-state index contributed by atoms with van der Waals surface area (Å²) in [4.78, 5) is 0. The average Bonchev–Trinajstić information content (AvgIpc) is 2.37. The molecule has 0 saturated heterocycles. The van der Waals surface area contributed by atoms with Gasteiger partial charge >= 0.3 is 6.18 Å². The van der Waals surface area contributed by atoms with Crippen molar-refractivity contribution in [1.82, 2.24) is 5.32 Å². The third kappa shape index (κ3) is 4.98. The second-order valence-corrected chi connectivity index (χ2v) is 5.57. The number of halogens is 4. The van der Waals surface area contributed by atoms with Crippen LogP contribution in [0.2, 0.25) is 0 Å². The topological polar surface area (TPSA) is 12.0 Å². The van der Waals surface area contributed by atoms with Crippen LogP contribution in [0.3, 0.4) is 0 Å². The number of hydrogen-bond donors (Lipinski definition) is 1. The van der Waals surface area contributed by atoms with E-state index in [0.29, 0.717) is 17.9 Å². The van der Waals surface area contributed by atoms with E-state index >= 15 is 0 Å². The summed E-state index contributed by atoms with van der Waals surface area (Å²) in [6, 6.07) is 3.03. The second kappa shape index (κ2) is 7.88. The molecule has 0 aliphatic rings. The van der Waals surface area contributed by atoms with Crippen LogP contribution >= 0.6 is 11.8 Å². The zero-order valence-electron chi connectivity index (χ0n) is 11.6. The zero-order valence-corrected chi connectivity index (χ0v) is 12.4. The van der Waals surface area contributed by atoms with Crippen molar-refractivity contribution in [3.8, 4) is 0 Å². The van der Waals surface area contributed by atoms with Crippen LogP contribution in [-0.4, -0.2) is 18.1 Å². The monoisotopic (exact) mass is 309 g/mol. The summed E-state index contributed by atoms with van der Waals surface area (Å²) in [5.74, 6) is 0.400. The molecule has 0 heterocycles. The summed E-state index contributed by atoms with van der Waals surface area (Å²) in [5.41, 5.74) is -0.720. The van der Waals surface area contributed by atoms with Crippen molar-refractivity contribution in [3.63, 3.8) is 0 Å². The maximum absolute atomic E-state index is 13.3. The van der Waals surface area contributed by atoms with Crippen molar-refractivity contribution >= 4 is 11.8 Å². The number of nitrogens with one attached hydrogen (secondary N) is 1. The Morgan fingerprint density at radius 2 is 1.95 bits per heavy atom. The molecule has 6 heteroatoms. The highest BCUT2D eigenvalue weighted by atomic mass is 32.2. The first kappa shape index (κ1) is 17.3. The van der Waals surface area contributed by atoms with Gasteiger partial charge in [-0.2, -0.15) is 24.9 Å². The second-order valence-electron chi connectivity index (χ2n) is 4.42. The molecule has 0 fully saturated rings. The van der Waals surface area contributed by atoms with Crippen LogP contribution in [-0.2, 0) is 6.18 Å². The Labute approximate surface area is 121 Å². The molecule has 0 amide bonds. The van der Waals surface area contributed by atoms with E-state index in [1.54, 1.807) is 11.8 Å². The fraction of sp³-hybridized carbons (Fsp3) is 0.571. The number of hydrogen-bond acceptors (Lipinski definition) is 2. The van der Waals surface area contributed by atoms with Gasteiger partial charge in [-0.3, -0.25) is 0 Å². The Bertz CT molecular complexity index is 420. The number of benzene rings is 1. The Kier molecular flexibility index (Phi) is 6.82. The van der Waals surface area contributed by atoms with Crippen molar-refractivity contribution < 1.29 is 17.6 Å². The van der Waals surface area contributed by atoms with E-state index in [1.165, 1.54) is 6.07 Å². The highest BCUT2D eigenvalue weighted by Crippen LogP contribution is 2.33. The Morgan fingerprint density at radius 3 is 2.50 bits per heavy atom. The molecular formula is C14H19F4NS. The Balaban J connectivity index is 2.96. The molecule has 0 radical (unpaired) electrons. The van der Waals surface area contributed by atoms with E-state index in [9.17, 15) is 17.6 Å². The molecule has 0 bridgehead atoms. The van der Waals surface area contributed by atoms with Gasteiger partial charge in [-0.1, -0.05) is 19.9 Å². The molecule has 20 heavy (non-hydrogen) atoms. The van der Waals surface area contributed by atoms with Crippen LogP contribution in [0.15, 0.2) is 18.2 Å². The number of rotatable bonds is 7. The van der Waals surface area contributed by atoms with Crippen molar-refractivity contribution in [3.05, 3.63) is 35.1 Å². The van der Waals surface area contributed by atoms with Crippen molar-refractivity contribution in [2.45, 2.75) is 32.5 Å². The van der Waals surface area contributed by atoms with Crippen LogP contribution in [0.1, 0.15) is 37.4 Å². The third-order valence-electron chi connectivity index (χ3n) is 2.78. The first-order valence-corrected chi connectivity index (χ1v) is 7.73. The molecule has 1 aromatic rings. The minimum absolute atomic E-state index is 0.196. The maximum Gasteiger partial charge on any atom is 0.419 e. The van der Waals surface area contributed by atoms with Crippen LogP contribution < -0.4 is 5.32 Å². The van der Waals surface area contributed by atoms with Gasteiger partial charge in [0.15, 0.2) is 0 Å². The number of thioether (sulfide) groups is 1. The number of alkyl halides is 3. The van der Waals surface area contributed by atoms with Gasteiger partial charge in [-0.15, -0.1) is 0 Å². The van der Waals surface area contributed by atoms with Gasteiger partial charge in [-0.25, -0.2) is 4.39 Å².